The maximum Gasteiger partial charge on any atom is 0.326 e. The van der Waals surface area contributed by atoms with E-state index in [0.717, 1.165) is 19.3 Å². The molecule has 14 heavy (non-hydrogen) atoms. The van der Waals surface area contributed by atoms with Crippen molar-refractivity contribution >= 4 is 5.97 Å². The molecule has 1 saturated carbocycles. The summed E-state index contributed by atoms with van der Waals surface area (Å²) >= 11 is 0. The lowest BCUT2D eigenvalue weighted by Gasteiger charge is -2.34. The number of ether oxygens (including phenoxy) is 1. The fraction of sp³-hybridized carbons (Fsp3) is 0.909. The van der Waals surface area contributed by atoms with Crippen LogP contribution in [-0.4, -0.2) is 17.6 Å². The van der Waals surface area contributed by atoms with E-state index >= 15 is 0 Å². The van der Waals surface area contributed by atoms with Crippen molar-refractivity contribution in [3.8, 4) is 0 Å². The number of hydrogen-bond acceptors (Lipinski definition) is 3. The fourth-order valence-corrected chi connectivity index (χ4v) is 2.11. The summed E-state index contributed by atoms with van der Waals surface area (Å²) in [6, 6.07) is 0. The first-order valence-corrected chi connectivity index (χ1v) is 5.44. The average Bonchev–Trinajstić information content (AvgIpc) is 2.02. The van der Waals surface area contributed by atoms with Crippen LogP contribution in [0.25, 0.3) is 0 Å². The molecule has 0 aromatic rings. The molecule has 3 heteroatoms. The molecule has 3 nitrogen and oxygen atoms in total. The summed E-state index contributed by atoms with van der Waals surface area (Å²) in [5, 5.41) is 0. The molecule has 1 aliphatic rings. The van der Waals surface area contributed by atoms with Gasteiger partial charge in [0.1, 0.15) is 5.54 Å². The summed E-state index contributed by atoms with van der Waals surface area (Å²) in [4.78, 5) is 11.7. The molecule has 2 unspecified atom stereocenters. The molecule has 1 fully saturated rings. The number of esters is 1. The summed E-state index contributed by atoms with van der Waals surface area (Å²) < 4.78 is 5.18. The Morgan fingerprint density at radius 3 is 2.71 bits per heavy atom. The molecule has 1 aliphatic carbocycles. The van der Waals surface area contributed by atoms with Crippen molar-refractivity contribution in [1.29, 1.82) is 0 Å². The molecule has 2 N–H and O–H groups in total. The van der Waals surface area contributed by atoms with Gasteiger partial charge < -0.3 is 10.5 Å². The van der Waals surface area contributed by atoms with Crippen molar-refractivity contribution in [3.63, 3.8) is 0 Å². The van der Waals surface area contributed by atoms with Crippen molar-refractivity contribution in [2.45, 2.75) is 58.1 Å². The summed E-state index contributed by atoms with van der Waals surface area (Å²) in [5.74, 6) is 0.313. The maximum atomic E-state index is 11.7. The normalized spacial score (nSPS) is 33.1. The molecule has 0 saturated heterocycles. The van der Waals surface area contributed by atoms with E-state index in [1.54, 1.807) is 0 Å². The van der Waals surface area contributed by atoms with E-state index in [0.29, 0.717) is 5.92 Å². The Balaban J connectivity index is 2.59. The number of hydrogen-bond donors (Lipinski definition) is 1. The first-order valence-electron chi connectivity index (χ1n) is 5.44. The molecule has 0 amide bonds. The maximum absolute atomic E-state index is 11.7. The minimum atomic E-state index is -0.720. The van der Waals surface area contributed by atoms with Gasteiger partial charge in [0, 0.05) is 0 Å². The predicted molar refractivity (Wildman–Crippen MR) is 55.8 cm³/mol. The summed E-state index contributed by atoms with van der Waals surface area (Å²) in [7, 11) is 0. The van der Waals surface area contributed by atoms with E-state index in [2.05, 4.69) is 6.92 Å². The zero-order valence-corrected chi connectivity index (χ0v) is 9.38. The molecule has 0 bridgehead atoms. The van der Waals surface area contributed by atoms with Gasteiger partial charge in [-0.3, -0.25) is 4.79 Å². The SMILES string of the molecule is CC1CCCC(N)(C(=O)OC(C)C)C1. The fourth-order valence-electron chi connectivity index (χ4n) is 2.11. The molecule has 2 atom stereocenters. The van der Waals surface area contributed by atoms with Crippen LogP contribution in [-0.2, 0) is 9.53 Å². The number of carbonyl (C=O) groups excluding carboxylic acids is 1. The highest BCUT2D eigenvalue weighted by Crippen LogP contribution is 2.31. The van der Waals surface area contributed by atoms with Gasteiger partial charge >= 0.3 is 5.97 Å². The van der Waals surface area contributed by atoms with Crippen molar-refractivity contribution in [1.82, 2.24) is 0 Å². The Hall–Kier alpha value is -0.570. The van der Waals surface area contributed by atoms with E-state index in [1.165, 1.54) is 6.42 Å². The van der Waals surface area contributed by atoms with Crippen LogP contribution in [0.1, 0.15) is 46.5 Å². The van der Waals surface area contributed by atoms with Gasteiger partial charge in [0.25, 0.3) is 0 Å². The first-order chi connectivity index (χ1) is 6.44. The third-order valence-electron chi connectivity index (χ3n) is 2.78. The van der Waals surface area contributed by atoms with Crippen molar-refractivity contribution in [3.05, 3.63) is 0 Å². The van der Waals surface area contributed by atoms with Gasteiger partial charge in [-0.05, 0) is 32.6 Å². The molecule has 1 rings (SSSR count). The Morgan fingerprint density at radius 2 is 2.21 bits per heavy atom. The number of carbonyl (C=O) groups is 1. The van der Waals surface area contributed by atoms with Gasteiger partial charge in [0.15, 0.2) is 0 Å². The van der Waals surface area contributed by atoms with Gasteiger partial charge in [0.2, 0.25) is 0 Å². The first kappa shape index (κ1) is 11.5. The largest absolute Gasteiger partial charge is 0.462 e. The minimum absolute atomic E-state index is 0.0693. The van der Waals surface area contributed by atoms with E-state index in [9.17, 15) is 4.79 Å². The Labute approximate surface area is 86.0 Å². The highest BCUT2D eigenvalue weighted by Gasteiger charge is 2.39. The summed E-state index contributed by atoms with van der Waals surface area (Å²) in [6.07, 6.45) is 3.67. The van der Waals surface area contributed by atoms with Crippen molar-refractivity contribution in [2.75, 3.05) is 0 Å². The van der Waals surface area contributed by atoms with Gasteiger partial charge in [-0.15, -0.1) is 0 Å². The van der Waals surface area contributed by atoms with E-state index in [4.69, 9.17) is 10.5 Å². The lowest BCUT2D eigenvalue weighted by atomic mass is 9.77. The van der Waals surface area contributed by atoms with Gasteiger partial charge in [0.05, 0.1) is 6.10 Å². The van der Waals surface area contributed by atoms with Crippen LogP contribution in [0.15, 0.2) is 0 Å². The second-order valence-electron chi connectivity index (χ2n) is 4.81. The van der Waals surface area contributed by atoms with Crippen LogP contribution < -0.4 is 5.73 Å². The van der Waals surface area contributed by atoms with E-state index in [1.807, 2.05) is 13.8 Å². The average molecular weight is 199 g/mol. The van der Waals surface area contributed by atoms with Crippen LogP contribution >= 0.6 is 0 Å². The monoisotopic (exact) mass is 199 g/mol. The second-order valence-corrected chi connectivity index (χ2v) is 4.81. The highest BCUT2D eigenvalue weighted by molar-refractivity contribution is 5.80. The smallest absolute Gasteiger partial charge is 0.326 e. The number of rotatable bonds is 2. The molecule has 0 radical (unpaired) electrons. The minimum Gasteiger partial charge on any atom is -0.462 e. The van der Waals surface area contributed by atoms with Gasteiger partial charge in [-0.1, -0.05) is 19.8 Å². The Kier molecular flexibility index (Phi) is 3.53. The molecular weight excluding hydrogens is 178 g/mol. The molecule has 82 valence electrons. The van der Waals surface area contributed by atoms with Crippen LogP contribution in [0.3, 0.4) is 0 Å². The Bertz CT molecular complexity index is 215. The lowest BCUT2D eigenvalue weighted by molar-refractivity contribution is -0.156. The van der Waals surface area contributed by atoms with Gasteiger partial charge in [-0.2, -0.15) is 0 Å². The predicted octanol–water partition coefficient (Wildman–Crippen LogP) is 1.85. The topological polar surface area (TPSA) is 52.3 Å². The van der Waals surface area contributed by atoms with Crippen LogP contribution in [0.2, 0.25) is 0 Å². The molecule has 0 aromatic carbocycles. The third kappa shape index (κ3) is 2.71. The lowest BCUT2D eigenvalue weighted by Crippen LogP contribution is -2.52. The van der Waals surface area contributed by atoms with Crippen LogP contribution in [0.5, 0.6) is 0 Å². The second kappa shape index (κ2) is 4.30. The highest BCUT2D eigenvalue weighted by atomic mass is 16.5. The van der Waals surface area contributed by atoms with Crippen LogP contribution in [0, 0.1) is 5.92 Å². The third-order valence-corrected chi connectivity index (χ3v) is 2.78. The zero-order chi connectivity index (χ0) is 10.8. The van der Waals surface area contributed by atoms with Crippen LogP contribution in [0.4, 0.5) is 0 Å². The molecule has 0 aromatic heterocycles. The standard InChI is InChI=1S/C11H21NO2/c1-8(2)14-10(13)11(12)6-4-5-9(3)7-11/h8-9H,4-7,12H2,1-3H3. The Morgan fingerprint density at radius 1 is 1.57 bits per heavy atom. The molecule has 0 spiro atoms. The van der Waals surface area contributed by atoms with Crippen molar-refractivity contribution in [2.24, 2.45) is 11.7 Å². The molecule has 0 heterocycles. The van der Waals surface area contributed by atoms with E-state index < -0.39 is 5.54 Å². The quantitative estimate of drug-likeness (QED) is 0.690. The van der Waals surface area contributed by atoms with E-state index in [-0.39, 0.29) is 12.1 Å². The van der Waals surface area contributed by atoms with Crippen molar-refractivity contribution < 1.29 is 9.53 Å². The molecule has 0 aliphatic heterocycles. The van der Waals surface area contributed by atoms with Gasteiger partial charge in [-0.25, -0.2) is 0 Å². The summed E-state index contributed by atoms with van der Waals surface area (Å²) in [5.41, 5.74) is 5.35. The number of nitrogens with two attached hydrogens (primary N) is 1. The molecular formula is C11H21NO2. The summed E-state index contributed by atoms with van der Waals surface area (Å²) in [6.45, 7) is 5.85. The zero-order valence-electron chi connectivity index (χ0n) is 9.38.